The fourth-order valence-electron chi connectivity index (χ4n) is 3.60. The van der Waals surface area contributed by atoms with Crippen LogP contribution in [0.1, 0.15) is 31.7 Å². The van der Waals surface area contributed by atoms with Gasteiger partial charge >= 0.3 is 0 Å². The quantitative estimate of drug-likeness (QED) is 0.770. The number of rotatable bonds is 8. The van der Waals surface area contributed by atoms with E-state index in [0.717, 1.165) is 38.3 Å². The third kappa shape index (κ3) is 5.47. The number of piperazine rings is 1. The van der Waals surface area contributed by atoms with E-state index in [-0.39, 0.29) is 0 Å². The number of ether oxygens (including phenoxy) is 1. The van der Waals surface area contributed by atoms with Crippen molar-refractivity contribution in [2.24, 2.45) is 0 Å². The van der Waals surface area contributed by atoms with Crippen molar-refractivity contribution in [3.63, 3.8) is 0 Å². The topological polar surface area (TPSA) is 35.9 Å². The molecule has 1 aliphatic heterocycles. The number of para-hydroxylation sites is 2. The first-order chi connectivity index (χ1) is 13.2. The maximum Gasteiger partial charge on any atom is 0.122 e. The molecule has 0 spiro atoms. The number of β-amino-alcohol motifs (C(OH)–C–C–N with tert-alkyl or cyclic N) is 1. The number of anilines is 1. The van der Waals surface area contributed by atoms with Gasteiger partial charge in [-0.3, -0.25) is 4.90 Å². The van der Waals surface area contributed by atoms with Gasteiger partial charge in [-0.1, -0.05) is 50.2 Å². The molecular formula is C23H32N2O2. The third-order valence-electron chi connectivity index (χ3n) is 5.46. The van der Waals surface area contributed by atoms with Crippen LogP contribution in [0.4, 0.5) is 5.69 Å². The van der Waals surface area contributed by atoms with E-state index in [0.29, 0.717) is 19.1 Å². The summed E-state index contributed by atoms with van der Waals surface area (Å²) in [7, 11) is 0. The third-order valence-corrected chi connectivity index (χ3v) is 5.46. The van der Waals surface area contributed by atoms with E-state index in [1.165, 1.54) is 11.3 Å². The normalized spacial score (nSPS) is 17.5. The van der Waals surface area contributed by atoms with Gasteiger partial charge < -0.3 is 14.7 Å². The average Bonchev–Trinajstić information content (AvgIpc) is 2.73. The van der Waals surface area contributed by atoms with Crippen LogP contribution in [0.3, 0.4) is 0 Å². The highest BCUT2D eigenvalue weighted by Crippen LogP contribution is 2.28. The number of nitrogens with zero attached hydrogens (tertiary/aromatic N) is 2. The van der Waals surface area contributed by atoms with Gasteiger partial charge in [-0.25, -0.2) is 0 Å². The lowest BCUT2D eigenvalue weighted by Gasteiger charge is -2.36. The second-order valence-corrected chi connectivity index (χ2v) is 7.44. The van der Waals surface area contributed by atoms with Crippen LogP contribution in [-0.4, -0.2) is 55.4 Å². The fraction of sp³-hybridized carbons (Fsp3) is 0.478. The Labute approximate surface area is 163 Å². The Kier molecular flexibility index (Phi) is 7.13. The van der Waals surface area contributed by atoms with Crippen molar-refractivity contribution in [2.75, 3.05) is 44.2 Å². The molecule has 4 nitrogen and oxygen atoms in total. The molecule has 1 heterocycles. The van der Waals surface area contributed by atoms with Crippen LogP contribution in [0, 0.1) is 0 Å². The maximum absolute atomic E-state index is 10.5. The van der Waals surface area contributed by atoms with E-state index in [1.807, 2.05) is 12.1 Å². The Morgan fingerprint density at radius 3 is 2.33 bits per heavy atom. The predicted octanol–water partition coefficient (Wildman–Crippen LogP) is 3.76. The first kappa shape index (κ1) is 19.7. The van der Waals surface area contributed by atoms with Crippen molar-refractivity contribution in [3.8, 4) is 5.75 Å². The van der Waals surface area contributed by atoms with Crippen molar-refractivity contribution < 1.29 is 9.84 Å². The highest BCUT2D eigenvalue weighted by Gasteiger charge is 2.20. The molecule has 27 heavy (non-hydrogen) atoms. The van der Waals surface area contributed by atoms with Gasteiger partial charge in [-0.05, 0) is 36.1 Å². The van der Waals surface area contributed by atoms with Gasteiger partial charge in [0.1, 0.15) is 18.5 Å². The molecular weight excluding hydrogens is 336 g/mol. The molecule has 0 aromatic heterocycles. The van der Waals surface area contributed by atoms with Crippen LogP contribution >= 0.6 is 0 Å². The zero-order valence-electron chi connectivity index (χ0n) is 16.6. The molecule has 2 aromatic rings. The summed E-state index contributed by atoms with van der Waals surface area (Å²) in [6, 6.07) is 18.7. The van der Waals surface area contributed by atoms with Crippen LogP contribution in [0.15, 0.2) is 54.6 Å². The highest BCUT2D eigenvalue weighted by atomic mass is 16.5. The Morgan fingerprint density at radius 1 is 0.963 bits per heavy atom. The minimum atomic E-state index is -0.474. The summed E-state index contributed by atoms with van der Waals surface area (Å²) in [5.41, 5.74) is 2.51. The van der Waals surface area contributed by atoms with Gasteiger partial charge in [0.05, 0.1) is 0 Å². The zero-order valence-corrected chi connectivity index (χ0v) is 16.6. The summed E-state index contributed by atoms with van der Waals surface area (Å²) < 4.78 is 5.97. The summed E-state index contributed by atoms with van der Waals surface area (Å²) in [4.78, 5) is 4.73. The predicted molar refractivity (Wildman–Crippen MR) is 112 cm³/mol. The van der Waals surface area contributed by atoms with Gasteiger partial charge in [-0.2, -0.15) is 0 Å². The largest absolute Gasteiger partial charge is 0.491 e. The van der Waals surface area contributed by atoms with E-state index in [9.17, 15) is 5.11 Å². The summed E-state index contributed by atoms with van der Waals surface area (Å²) in [6.07, 6.45) is 0.604. The van der Waals surface area contributed by atoms with E-state index in [4.69, 9.17) is 4.74 Å². The molecule has 1 N–H and O–H groups in total. The van der Waals surface area contributed by atoms with Gasteiger partial charge in [0.15, 0.2) is 0 Å². The molecule has 0 radical (unpaired) electrons. The summed E-state index contributed by atoms with van der Waals surface area (Å²) >= 11 is 0. The van der Waals surface area contributed by atoms with E-state index >= 15 is 0 Å². The van der Waals surface area contributed by atoms with Gasteiger partial charge in [0.2, 0.25) is 0 Å². The monoisotopic (exact) mass is 368 g/mol. The molecule has 1 saturated heterocycles. The number of aliphatic hydroxyl groups excluding tert-OH is 1. The molecule has 4 heteroatoms. The number of benzene rings is 2. The SMILES string of the molecule is CC[C@@H](C)c1ccccc1OC[C@H](O)CN1CCN(c2ccccc2)CC1. The van der Waals surface area contributed by atoms with E-state index in [1.54, 1.807) is 0 Å². The molecule has 0 unspecified atom stereocenters. The lowest BCUT2D eigenvalue weighted by molar-refractivity contribution is 0.0658. The molecule has 1 aliphatic rings. The van der Waals surface area contributed by atoms with Crippen LogP contribution in [0.5, 0.6) is 5.75 Å². The highest BCUT2D eigenvalue weighted by molar-refractivity contribution is 5.46. The van der Waals surface area contributed by atoms with Gasteiger partial charge in [0.25, 0.3) is 0 Å². The van der Waals surface area contributed by atoms with Crippen LogP contribution < -0.4 is 9.64 Å². The maximum atomic E-state index is 10.5. The Hall–Kier alpha value is -2.04. The zero-order chi connectivity index (χ0) is 19.1. The average molecular weight is 369 g/mol. The van der Waals surface area contributed by atoms with Crippen LogP contribution in [-0.2, 0) is 0 Å². The number of aliphatic hydroxyl groups is 1. The van der Waals surface area contributed by atoms with Gasteiger partial charge in [0, 0.05) is 38.4 Å². The molecule has 0 amide bonds. The lowest BCUT2D eigenvalue weighted by atomic mass is 9.98. The number of hydrogen-bond acceptors (Lipinski definition) is 4. The molecule has 2 aromatic carbocycles. The molecule has 0 aliphatic carbocycles. The molecule has 146 valence electrons. The second kappa shape index (κ2) is 9.77. The minimum Gasteiger partial charge on any atom is -0.491 e. The molecule has 0 saturated carbocycles. The summed E-state index contributed by atoms with van der Waals surface area (Å²) in [5.74, 6) is 1.37. The smallest absolute Gasteiger partial charge is 0.122 e. The van der Waals surface area contributed by atoms with Crippen LogP contribution in [0.2, 0.25) is 0 Å². The van der Waals surface area contributed by atoms with Crippen molar-refractivity contribution in [2.45, 2.75) is 32.3 Å². The lowest BCUT2D eigenvalue weighted by Crippen LogP contribution is -2.49. The Bertz CT molecular complexity index is 684. The summed E-state index contributed by atoms with van der Waals surface area (Å²) in [5, 5.41) is 10.5. The first-order valence-electron chi connectivity index (χ1n) is 10.1. The minimum absolute atomic E-state index is 0.340. The van der Waals surface area contributed by atoms with Crippen molar-refractivity contribution in [3.05, 3.63) is 60.2 Å². The standard InChI is InChI=1S/C23H32N2O2/c1-3-19(2)22-11-7-8-12-23(22)27-18-21(26)17-24-13-15-25(16-14-24)20-9-5-4-6-10-20/h4-12,19,21,26H,3,13-18H2,1-2H3/t19-,21-/m1/s1. The molecule has 3 rings (SSSR count). The molecule has 0 bridgehead atoms. The first-order valence-corrected chi connectivity index (χ1v) is 10.1. The van der Waals surface area contributed by atoms with Crippen molar-refractivity contribution in [1.82, 2.24) is 4.90 Å². The van der Waals surface area contributed by atoms with Gasteiger partial charge in [-0.15, -0.1) is 0 Å². The summed E-state index contributed by atoms with van der Waals surface area (Å²) in [6.45, 7) is 9.32. The van der Waals surface area contributed by atoms with Crippen molar-refractivity contribution >= 4 is 5.69 Å². The van der Waals surface area contributed by atoms with E-state index in [2.05, 4.69) is 66.1 Å². The number of hydrogen-bond donors (Lipinski definition) is 1. The van der Waals surface area contributed by atoms with E-state index < -0.39 is 6.10 Å². The Balaban J connectivity index is 1.45. The fourth-order valence-corrected chi connectivity index (χ4v) is 3.60. The Morgan fingerprint density at radius 2 is 1.63 bits per heavy atom. The second-order valence-electron chi connectivity index (χ2n) is 7.44. The molecule has 1 fully saturated rings. The molecule has 2 atom stereocenters. The van der Waals surface area contributed by atoms with Crippen LogP contribution in [0.25, 0.3) is 0 Å². The van der Waals surface area contributed by atoms with Crippen molar-refractivity contribution in [1.29, 1.82) is 0 Å².